The number of nitrogens with zero attached hydrogens (tertiary/aromatic N) is 2. The maximum Gasteiger partial charge on any atom is 0.260 e. The lowest BCUT2D eigenvalue weighted by Gasteiger charge is -2.38. The van der Waals surface area contributed by atoms with E-state index in [2.05, 4.69) is 19.2 Å². The zero-order valence-corrected chi connectivity index (χ0v) is 18.5. The smallest absolute Gasteiger partial charge is 0.260 e. The molecule has 2 saturated heterocycles. The topological polar surface area (TPSA) is 61.9 Å². The summed E-state index contributed by atoms with van der Waals surface area (Å²) in [5.41, 5.74) is 0.661. The summed E-state index contributed by atoms with van der Waals surface area (Å²) in [7, 11) is 1.94. The van der Waals surface area contributed by atoms with Gasteiger partial charge in [-0.2, -0.15) is 0 Å². The number of benzene rings is 1. The molecule has 162 valence electrons. The van der Waals surface area contributed by atoms with Crippen molar-refractivity contribution in [3.8, 4) is 5.75 Å². The predicted molar refractivity (Wildman–Crippen MR) is 117 cm³/mol. The van der Waals surface area contributed by atoms with Crippen LogP contribution < -0.4 is 10.1 Å². The first kappa shape index (κ1) is 23.5. The summed E-state index contributed by atoms with van der Waals surface area (Å²) in [6.45, 7) is 5.79. The van der Waals surface area contributed by atoms with Crippen LogP contribution in [0.25, 0.3) is 0 Å². The van der Waals surface area contributed by atoms with Crippen LogP contribution in [0.4, 0.5) is 0 Å². The molecule has 2 fully saturated rings. The van der Waals surface area contributed by atoms with E-state index < -0.39 is 0 Å². The van der Waals surface area contributed by atoms with Gasteiger partial charge in [0.15, 0.2) is 6.61 Å². The molecule has 1 aromatic carbocycles. The number of ether oxygens (including phenoxy) is 1. The second-order valence-electron chi connectivity index (χ2n) is 8.12. The maximum absolute atomic E-state index is 12.7. The average molecular weight is 424 g/mol. The quantitative estimate of drug-likeness (QED) is 0.790. The van der Waals surface area contributed by atoms with E-state index in [1.807, 2.05) is 16.8 Å². The Morgan fingerprint density at radius 3 is 2.34 bits per heavy atom. The second-order valence-corrected chi connectivity index (χ2v) is 8.12. The molecule has 3 unspecified atom stereocenters. The van der Waals surface area contributed by atoms with Gasteiger partial charge in [0, 0.05) is 36.8 Å². The Balaban J connectivity index is 0.00000300. The molecule has 0 aliphatic carbocycles. The first-order chi connectivity index (χ1) is 13.5. The van der Waals surface area contributed by atoms with Crippen LogP contribution in [0.15, 0.2) is 24.3 Å². The molecular weight excluding hydrogens is 390 g/mol. The number of likely N-dealkylation sites (N-methyl/N-ethyl adjacent to an activating group) is 1. The van der Waals surface area contributed by atoms with Gasteiger partial charge in [-0.1, -0.05) is 0 Å². The van der Waals surface area contributed by atoms with Crippen molar-refractivity contribution in [2.24, 2.45) is 0 Å². The number of amides is 2. The Bertz CT molecular complexity index is 672. The zero-order valence-electron chi connectivity index (χ0n) is 17.7. The molecule has 1 N–H and O–H groups in total. The molecule has 29 heavy (non-hydrogen) atoms. The number of halogens is 1. The van der Waals surface area contributed by atoms with Crippen LogP contribution >= 0.6 is 12.4 Å². The third-order valence-corrected chi connectivity index (χ3v) is 6.06. The number of nitrogens with one attached hydrogen (secondary N) is 1. The van der Waals surface area contributed by atoms with Crippen molar-refractivity contribution in [3.05, 3.63) is 29.8 Å². The van der Waals surface area contributed by atoms with E-state index in [0.717, 1.165) is 38.8 Å². The number of rotatable bonds is 5. The third kappa shape index (κ3) is 5.86. The lowest BCUT2D eigenvalue weighted by atomic mass is 9.97. The number of likely N-dealkylation sites (tertiary alicyclic amines) is 2. The van der Waals surface area contributed by atoms with E-state index >= 15 is 0 Å². The number of piperidine rings is 2. The van der Waals surface area contributed by atoms with Gasteiger partial charge in [0.1, 0.15) is 5.75 Å². The van der Waals surface area contributed by atoms with Crippen molar-refractivity contribution in [2.45, 2.75) is 64.1 Å². The summed E-state index contributed by atoms with van der Waals surface area (Å²) < 4.78 is 5.71. The predicted octanol–water partition coefficient (Wildman–Crippen LogP) is 3.10. The standard InChI is InChI=1S/C22H33N3O3.ClH/c1-16-6-4-7-17(2)25(16)21(26)15-28-20-11-9-18(10-12-20)22(27)24-13-5-8-19(14-24)23-3;/h9-12,16-17,19,23H,4-8,13-15H2,1-3H3;1H. The Hall–Kier alpha value is -1.79. The van der Waals surface area contributed by atoms with E-state index in [1.165, 1.54) is 6.42 Å². The largest absolute Gasteiger partial charge is 0.484 e. The monoisotopic (exact) mass is 423 g/mol. The number of carbonyl (C=O) groups excluding carboxylic acids is 2. The van der Waals surface area contributed by atoms with Crippen LogP contribution in [-0.4, -0.2) is 66.5 Å². The maximum atomic E-state index is 12.7. The minimum Gasteiger partial charge on any atom is -0.484 e. The minimum atomic E-state index is 0. The molecule has 0 radical (unpaired) electrons. The van der Waals surface area contributed by atoms with Crippen molar-refractivity contribution in [2.75, 3.05) is 26.7 Å². The summed E-state index contributed by atoms with van der Waals surface area (Å²) in [4.78, 5) is 29.1. The van der Waals surface area contributed by atoms with Crippen LogP contribution in [0.3, 0.4) is 0 Å². The van der Waals surface area contributed by atoms with Gasteiger partial charge in [-0.25, -0.2) is 0 Å². The van der Waals surface area contributed by atoms with Gasteiger partial charge in [0.25, 0.3) is 11.8 Å². The number of carbonyl (C=O) groups is 2. The summed E-state index contributed by atoms with van der Waals surface area (Å²) in [5.74, 6) is 0.707. The molecule has 0 aromatic heterocycles. The van der Waals surface area contributed by atoms with E-state index in [9.17, 15) is 9.59 Å². The SMILES string of the molecule is CNC1CCCN(C(=O)c2ccc(OCC(=O)N3C(C)CCCC3C)cc2)C1.Cl. The molecule has 0 saturated carbocycles. The fourth-order valence-electron chi connectivity index (χ4n) is 4.41. The fraction of sp³-hybridized carbons (Fsp3) is 0.636. The highest BCUT2D eigenvalue weighted by Crippen LogP contribution is 2.23. The van der Waals surface area contributed by atoms with Gasteiger partial charge in [0.05, 0.1) is 0 Å². The Kier molecular flexibility index (Phi) is 8.78. The van der Waals surface area contributed by atoms with Crippen LogP contribution in [0, 0.1) is 0 Å². The third-order valence-electron chi connectivity index (χ3n) is 6.06. The first-order valence-corrected chi connectivity index (χ1v) is 10.5. The van der Waals surface area contributed by atoms with Crippen molar-refractivity contribution in [1.82, 2.24) is 15.1 Å². The molecule has 3 atom stereocenters. The summed E-state index contributed by atoms with van der Waals surface area (Å²) >= 11 is 0. The van der Waals surface area contributed by atoms with E-state index in [1.54, 1.807) is 24.3 Å². The van der Waals surface area contributed by atoms with Crippen LogP contribution in [0.2, 0.25) is 0 Å². The van der Waals surface area contributed by atoms with E-state index in [-0.39, 0.29) is 42.9 Å². The molecule has 2 heterocycles. The summed E-state index contributed by atoms with van der Waals surface area (Å²) in [5, 5.41) is 3.26. The molecule has 0 spiro atoms. The Morgan fingerprint density at radius 2 is 1.72 bits per heavy atom. The van der Waals surface area contributed by atoms with Crippen LogP contribution in [0.1, 0.15) is 56.3 Å². The molecule has 3 rings (SSSR count). The van der Waals surface area contributed by atoms with Crippen LogP contribution in [0.5, 0.6) is 5.75 Å². The highest BCUT2D eigenvalue weighted by molar-refractivity contribution is 5.94. The van der Waals surface area contributed by atoms with Crippen molar-refractivity contribution < 1.29 is 14.3 Å². The first-order valence-electron chi connectivity index (χ1n) is 10.5. The zero-order chi connectivity index (χ0) is 20.1. The molecule has 2 aliphatic rings. The highest BCUT2D eigenvalue weighted by atomic mass is 35.5. The molecule has 7 heteroatoms. The Labute approximate surface area is 180 Å². The lowest BCUT2D eigenvalue weighted by Crippen LogP contribution is -2.49. The normalized spacial score (nSPS) is 24.6. The summed E-state index contributed by atoms with van der Waals surface area (Å²) in [6.07, 6.45) is 5.41. The van der Waals surface area contributed by atoms with Gasteiger partial charge in [0.2, 0.25) is 0 Å². The van der Waals surface area contributed by atoms with Crippen molar-refractivity contribution >= 4 is 24.2 Å². The molecule has 2 aliphatic heterocycles. The fourth-order valence-corrected chi connectivity index (χ4v) is 4.41. The molecule has 0 bridgehead atoms. The van der Waals surface area contributed by atoms with Gasteiger partial charge in [-0.15, -0.1) is 12.4 Å². The molecule has 1 aromatic rings. The number of hydrogen-bond acceptors (Lipinski definition) is 4. The average Bonchev–Trinajstić information content (AvgIpc) is 2.72. The van der Waals surface area contributed by atoms with E-state index in [0.29, 0.717) is 17.4 Å². The molecule has 2 amide bonds. The summed E-state index contributed by atoms with van der Waals surface area (Å²) in [6, 6.07) is 8.04. The molecule has 6 nitrogen and oxygen atoms in total. The van der Waals surface area contributed by atoms with E-state index in [4.69, 9.17) is 4.74 Å². The van der Waals surface area contributed by atoms with Crippen molar-refractivity contribution in [3.63, 3.8) is 0 Å². The van der Waals surface area contributed by atoms with Crippen molar-refractivity contribution in [1.29, 1.82) is 0 Å². The lowest BCUT2D eigenvalue weighted by molar-refractivity contribution is -0.139. The van der Waals surface area contributed by atoms with Gasteiger partial charge in [-0.3, -0.25) is 9.59 Å². The highest BCUT2D eigenvalue weighted by Gasteiger charge is 2.29. The van der Waals surface area contributed by atoms with Crippen LogP contribution in [-0.2, 0) is 4.79 Å². The van der Waals surface area contributed by atoms with Gasteiger partial charge in [-0.05, 0) is 77.3 Å². The molecular formula is C22H34ClN3O3. The number of hydrogen-bond donors (Lipinski definition) is 1. The van der Waals surface area contributed by atoms with Gasteiger partial charge < -0.3 is 19.9 Å². The van der Waals surface area contributed by atoms with Gasteiger partial charge >= 0.3 is 0 Å². The minimum absolute atomic E-state index is 0. The second kappa shape index (κ2) is 10.8. The Morgan fingerprint density at radius 1 is 1.07 bits per heavy atom.